The lowest BCUT2D eigenvalue weighted by Gasteiger charge is -2.15. The molecule has 5 nitrogen and oxygen atoms in total. The summed E-state index contributed by atoms with van der Waals surface area (Å²) in [7, 11) is 0. The molecule has 3 aromatic rings. The number of likely N-dealkylation sites (tertiary alicyclic amines) is 1. The van der Waals surface area contributed by atoms with Gasteiger partial charge in [-0.2, -0.15) is 10.5 Å². The minimum atomic E-state index is 0.104. The van der Waals surface area contributed by atoms with Crippen LogP contribution >= 0.6 is 0 Å². The lowest BCUT2D eigenvalue weighted by molar-refractivity contribution is 0.0793. The maximum Gasteiger partial charge on any atom is 0.253 e. The largest absolute Gasteiger partial charge is 0.343 e. The average molecular weight is 409 g/mol. The highest BCUT2D eigenvalue weighted by Crippen LogP contribution is 2.32. The van der Waals surface area contributed by atoms with Gasteiger partial charge in [0.2, 0.25) is 0 Å². The molecule has 5 heteroatoms. The summed E-state index contributed by atoms with van der Waals surface area (Å²) in [5.74, 6) is 0.104. The Balaban J connectivity index is 1.63. The van der Waals surface area contributed by atoms with E-state index < -0.39 is 0 Å². The molecule has 0 unspecified atom stereocenters. The number of hydrogen-bond acceptors (Lipinski definition) is 3. The quantitative estimate of drug-likeness (QED) is 0.622. The van der Waals surface area contributed by atoms with Crippen LogP contribution in [0.3, 0.4) is 0 Å². The third kappa shape index (κ3) is 3.83. The fraction of sp³-hybridized carbons (Fsp3) is 0.269. The van der Waals surface area contributed by atoms with Gasteiger partial charge in [-0.05, 0) is 62.1 Å². The van der Waals surface area contributed by atoms with Crippen molar-refractivity contribution in [1.29, 1.82) is 10.5 Å². The molecule has 31 heavy (non-hydrogen) atoms. The van der Waals surface area contributed by atoms with Crippen LogP contribution in [-0.4, -0.2) is 28.5 Å². The van der Waals surface area contributed by atoms with E-state index in [4.69, 9.17) is 5.26 Å². The van der Waals surface area contributed by atoms with Gasteiger partial charge >= 0.3 is 0 Å². The summed E-state index contributed by atoms with van der Waals surface area (Å²) in [5.41, 5.74) is 6.82. The third-order valence-corrected chi connectivity index (χ3v) is 6.13. The molecule has 2 aromatic carbocycles. The van der Waals surface area contributed by atoms with Crippen molar-refractivity contribution in [3.8, 4) is 23.3 Å². The monoisotopic (exact) mass is 408 g/mol. The Bertz CT molecular complexity index is 1200. The first kappa shape index (κ1) is 20.4. The maximum atomic E-state index is 12.6. The van der Waals surface area contributed by atoms with Crippen LogP contribution in [0.15, 0.2) is 48.5 Å². The van der Waals surface area contributed by atoms with Crippen molar-refractivity contribution in [3.05, 3.63) is 82.2 Å². The van der Waals surface area contributed by atoms with Crippen molar-refractivity contribution in [2.24, 2.45) is 0 Å². The van der Waals surface area contributed by atoms with Crippen LogP contribution in [0.4, 0.5) is 0 Å². The molecule has 1 aliphatic rings. The fourth-order valence-electron chi connectivity index (χ4n) is 4.36. The Kier molecular flexibility index (Phi) is 5.60. The van der Waals surface area contributed by atoms with Crippen LogP contribution in [0, 0.1) is 36.5 Å². The highest BCUT2D eigenvalue weighted by Gasteiger charge is 2.21. The van der Waals surface area contributed by atoms with E-state index >= 15 is 0 Å². The standard InChI is InChI=1S/C26H24N4O/c1-18-24(16-28)25(22-9-5-20(15-27)6-10-22)19(2)30(18)17-21-7-11-23(12-8-21)26(31)29-13-3-4-14-29/h5-12H,3-4,13-14,17H2,1-2H3. The molecule has 4 rings (SSSR count). The van der Waals surface area contributed by atoms with Crippen LogP contribution in [-0.2, 0) is 6.54 Å². The Hall–Kier alpha value is -3.83. The third-order valence-electron chi connectivity index (χ3n) is 6.13. The van der Waals surface area contributed by atoms with E-state index in [9.17, 15) is 10.1 Å². The van der Waals surface area contributed by atoms with Gasteiger partial charge in [0.1, 0.15) is 6.07 Å². The lowest BCUT2D eigenvalue weighted by Crippen LogP contribution is -2.27. The molecule has 1 amide bonds. The Morgan fingerprint density at radius 1 is 0.903 bits per heavy atom. The smallest absolute Gasteiger partial charge is 0.253 e. The summed E-state index contributed by atoms with van der Waals surface area (Å²) >= 11 is 0. The number of nitriles is 2. The summed E-state index contributed by atoms with van der Waals surface area (Å²) in [6.45, 7) is 6.30. The van der Waals surface area contributed by atoms with E-state index in [1.165, 1.54) is 0 Å². The minimum Gasteiger partial charge on any atom is -0.343 e. The molecule has 0 spiro atoms. The Morgan fingerprint density at radius 3 is 2.13 bits per heavy atom. The van der Waals surface area contributed by atoms with E-state index in [0.717, 1.165) is 59.6 Å². The highest BCUT2D eigenvalue weighted by atomic mass is 16.2. The molecule has 1 saturated heterocycles. The zero-order chi connectivity index (χ0) is 22.0. The summed E-state index contributed by atoms with van der Waals surface area (Å²) < 4.78 is 2.14. The molecule has 1 aromatic heterocycles. The number of hydrogen-bond donors (Lipinski definition) is 0. The number of carbonyl (C=O) groups is 1. The molecule has 0 atom stereocenters. The molecular formula is C26H24N4O. The van der Waals surface area contributed by atoms with Crippen LogP contribution in [0.5, 0.6) is 0 Å². The van der Waals surface area contributed by atoms with Crippen molar-refractivity contribution in [1.82, 2.24) is 9.47 Å². The van der Waals surface area contributed by atoms with Crippen LogP contribution in [0.25, 0.3) is 11.1 Å². The van der Waals surface area contributed by atoms with E-state index in [-0.39, 0.29) is 5.91 Å². The van der Waals surface area contributed by atoms with Crippen LogP contribution in [0.1, 0.15) is 51.3 Å². The fourth-order valence-corrected chi connectivity index (χ4v) is 4.36. The van der Waals surface area contributed by atoms with Gasteiger partial charge in [-0.3, -0.25) is 4.79 Å². The first-order chi connectivity index (χ1) is 15.0. The SMILES string of the molecule is Cc1c(C#N)c(-c2ccc(C#N)cc2)c(C)n1Cc1ccc(C(=O)N2CCCC2)cc1. The van der Waals surface area contributed by atoms with Crippen LogP contribution in [0.2, 0.25) is 0 Å². The normalized spacial score (nSPS) is 13.1. The van der Waals surface area contributed by atoms with Gasteiger partial charge in [0, 0.05) is 42.1 Å². The second-order valence-electron chi connectivity index (χ2n) is 8.00. The van der Waals surface area contributed by atoms with Crippen molar-refractivity contribution in [2.75, 3.05) is 13.1 Å². The zero-order valence-corrected chi connectivity index (χ0v) is 17.9. The molecule has 0 N–H and O–H groups in total. The Labute approximate surface area is 182 Å². The number of benzene rings is 2. The van der Waals surface area contributed by atoms with Crippen molar-refractivity contribution in [3.63, 3.8) is 0 Å². The number of amides is 1. The molecule has 0 radical (unpaired) electrons. The van der Waals surface area contributed by atoms with Crippen molar-refractivity contribution >= 4 is 5.91 Å². The van der Waals surface area contributed by atoms with E-state index in [1.807, 2.05) is 55.1 Å². The van der Waals surface area contributed by atoms with E-state index in [0.29, 0.717) is 17.7 Å². The van der Waals surface area contributed by atoms with Gasteiger partial charge in [0.25, 0.3) is 5.91 Å². The van der Waals surface area contributed by atoms with Gasteiger partial charge in [-0.1, -0.05) is 24.3 Å². The maximum absolute atomic E-state index is 12.6. The highest BCUT2D eigenvalue weighted by molar-refractivity contribution is 5.94. The van der Waals surface area contributed by atoms with Gasteiger partial charge in [0.15, 0.2) is 0 Å². The first-order valence-corrected chi connectivity index (χ1v) is 10.5. The summed E-state index contributed by atoms with van der Waals surface area (Å²) in [5, 5.41) is 18.9. The van der Waals surface area contributed by atoms with Gasteiger partial charge < -0.3 is 9.47 Å². The van der Waals surface area contributed by atoms with Gasteiger partial charge in [0.05, 0.1) is 17.2 Å². The predicted octanol–water partition coefficient (Wildman–Crippen LogP) is 4.80. The Morgan fingerprint density at radius 2 is 1.55 bits per heavy atom. The lowest BCUT2D eigenvalue weighted by atomic mass is 10.0. The van der Waals surface area contributed by atoms with E-state index in [1.54, 1.807) is 12.1 Å². The van der Waals surface area contributed by atoms with Crippen LogP contribution < -0.4 is 0 Å². The summed E-state index contributed by atoms with van der Waals surface area (Å²) in [6.07, 6.45) is 2.16. The average Bonchev–Trinajstić information content (AvgIpc) is 3.42. The van der Waals surface area contributed by atoms with Crippen molar-refractivity contribution < 1.29 is 4.79 Å². The molecule has 2 heterocycles. The molecule has 0 saturated carbocycles. The van der Waals surface area contributed by atoms with E-state index in [2.05, 4.69) is 16.7 Å². The zero-order valence-electron chi connectivity index (χ0n) is 17.9. The number of rotatable bonds is 4. The van der Waals surface area contributed by atoms with Gasteiger partial charge in [-0.15, -0.1) is 0 Å². The molecule has 1 aliphatic heterocycles. The second-order valence-corrected chi connectivity index (χ2v) is 8.00. The molecular weight excluding hydrogens is 384 g/mol. The molecule has 0 aliphatic carbocycles. The number of carbonyl (C=O) groups excluding carboxylic acids is 1. The predicted molar refractivity (Wildman–Crippen MR) is 119 cm³/mol. The van der Waals surface area contributed by atoms with Crippen molar-refractivity contribution in [2.45, 2.75) is 33.2 Å². The number of nitrogens with zero attached hydrogens (tertiary/aromatic N) is 4. The molecule has 0 bridgehead atoms. The minimum absolute atomic E-state index is 0.104. The molecule has 154 valence electrons. The first-order valence-electron chi connectivity index (χ1n) is 10.5. The summed E-state index contributed by atoms with van der Waals surface area (Å²) in [4.78, 5) is 14.5. The number of aromatic nitrogens is 1. The topological polar surface area (TPSA) is 72.8 Å². The summed E-state index contributed by atoms with van der Waals surface area (Å²) in [6, 6.07) is 19.6. The van der Waals surface area contributed by atoms with Gasteiger partial charge in [-0.25, -0.2) is 0 Å². The molecule has 1 fully saturated rings. The second kappa shape index (κ2) is 8.50.